The van der Waals surface area contributed by atoms with E-state index in [9.17, 15) is 4.79 Å². The number of fused-ring (bicyclic) bond motifs is 1. The molecule has 3 aromatic heterocycles. The molecule has 24 heavy (non-hydrogen) atoms. The van der Waals surface area contributed by atoms with E-state index in [1.807, 2.05) is 42.5 Å². The third kappa shape index (κ3) is 2.67. The van der Waals surface area contributed by atoms with Gasteiger partial charge in [-0.1, -0.05) is 18.2 Å². The second-order valence-corrected chi connectivity index (χ2v) is 5.46. The number of nitrogens with zero attached hydrogens (tertiary/aromatic N) is 4. The first-order valence-electron chi connectivity index (χ1n) is 7.61. The molecule has 4 aromatic rings. The van der Waals surface area contributed by atoms with Crippen molar-refractivity contribution < 1.29 is 0 Å². The maximum atomic E-state index is 12.2. The lowest BCUT2D eigenvalue weighted by molar-refractivity contribution is 0.775. The molecule has 0 amide bonds. The van der Waals surface area contributed by atoms with Crippen LogP contribution in [-0.4, -0.2) is 19.5 Å². The van der Waals surface area contributed by atoms with E-state index < -0.39 is 0 Å². The summed E-state index contributed by atoms with van der Waals surface area (Å²) in [7, 11) is 0. The van der Waals surface area contributed by atoms with Crippen molar-refractivity contribution in [2.75, 3.05) is 0 Å². The first kappa shape index (κ1) is 14.3. The Labute approximate surface area is 138 Å². The van der Waals surface area contributed by atoms with Gasteiger partial charge in [0, 0.05) is 18.6 Å². The molecule has 3 heterocycles. The van der Waals surface area contributed by atoms with Gasteiger partial charge in [-0.2, -0.15) is 0 Å². The van der Waals surface area contributed by atoms with Gasteiger partial charge in [-0.3, -0.25) is 14.3 Å². The summed E-state index contributed by atoms with van der Waals surface area (Å²) in [5, 5.41) is 0. The predicted molar refractivity (Wildman–Crippen MR) is 92.6 cm³/mol. The maximum absolute atomic E-state index is 12.2. The summed E-state index contributed by atoms with van der Waals surface area (Å²) in [4.78, 5) is 24.7. The molecule has 0 fully saturated rings. The van der Waals surface area contributed by atoms with Crippen molar-refractivity contribution in [3.05, 3.63) is 89.2 Å². The zero-order chi connectivity index (χ0) is 16.4. The van der Waals surface area contributed by atoms with E-state index in [1.54, 1.807) is 23.2 Å². The molecule has 1 aromatic carbocycles. The summed E-state index contributed by atoms with van der Waals surface area (Å²) in [6.07, 6.45) is 6.56. The molecule has 0 aliphatic rings. The van der Waals surface area contributed by atoms with E-state index in [0.717, 1.165) is 16.7 Å². The van der Waals surface area contributed by atoms with Crippen molar-refractivity contribution in [2.45, 2.75) is 6.54 Å². The van der Waals surface area contributed by atoms with Crippen LogP contribution in [0.4, 0.5) is 0 Å². The van der Waals surface area contributed by atoms with Gasteiger partial charge in [0.2, 0.25) is 0 Å². The number of hydrogen-bond acceptors (Lipinski definition) is 4. The lowest BCUT2D eigenvalue weighted by Gasteiger charge is -2.10. The van der Waals surface area contributed by atoms with E-state index in [-0.39, 0.29) is 5.56 Å². The number of aromatic nitrogens is 4. The molecule has 116 valence electrons. The average Bonchev–Trinajstić information content (AvgIpc) is 2.65. The third-order valence-corrected chi connectivity index (χ3v) is 3.88. The molecule has 4 rings (SSSR count). The molecule has 5 heteroatoms. The Hall–Kier alpha value is -3.34. The minimum atomic E-state index is -0.157. The van der Waals surface area contributed by atoms with Gasteiger partial charge >= 0.3 is 0 Å². The molecular formula is C19H14N4O. The minimum absolute atomic E-state index is 0.157. The Balaban J connectivity index is 1.77. The highest BCUT2D eigenvalue weighted by atomic mass is 16.1. The topological polar surface area (TPSA) is 60.7 Å². The van der Waals surface area contributed by atoms with E-state index in [2.05, 4.69) is 21.0 Å². The lowest BCUT2D eigenvalue weighted by atomic mass is 10.0. The first-order chi connectivity index (χ1) is 11.8. The van der Waals surface area contributed by atoms with Gasteiger partial charge in [0.15, 0.2) is 5.65 Å². The Morgan fingerprint density at radius 3 is 2.62 bits per heavy atom. The van der Waals surface area contributed by atoms with Crippen LogP contribution in [0.15, 0.2) is 78.1 Å². The summed E-state index contributed by atoms with van der Waals surface area (Å²) in [5.74, 6) is 0. The minimum Gasteiger partial charge on any atom is -0.286 e. The first-order valence-corrected chi connectivity index (χ1v) is 7.61. The van der Waals surface area contributed by atoms with E-state index >= 15 is 0 Å². The molecule has 0 saturated carbocycles. The summed E-state index contributed by atoms with van der Waals surface area (Å²) in [6.45, 7) is 0.452. The quantitative estimate of drug-likeness (QED) is 0.583. The van der Waals surface area contributed by atoms with Crippen LogP contribution >= 0.6 is 0 Å². The van der Waals surface area contributed by atoms with Crippen LogP contribution in [0.2, 0.25) is 0 Å². The second kappa shape index (κ2) is 6.04. The zero-order valence-corrected chi connectivity index (χ0v) is 12.8. The van der Waals surface area contributed by atoms with Crippen molar-refractivity contribution in [1.82, 2.24) is 19.5 Å². The van der Waals surface area contributed by atoms with E-state index in [0.29, 0.717) is 17.7 Å². The highest BCUT2D eigenvalue weighted by molar-refractivity contribution is 5.69. The molecule has 0 radical (unpaired) electrons. The van der Waals surface area contributed by atoms with Gasteiger partial charge in [0.05, 0.1) is 12.7 Å². The zero-order valence-electron chi connectivity index (χ0n) is 12.8. The molecule has 0 unspecified atom stereocenters. The van der Waals surface area contributed by atoms with Gasteiger partial charge < -0.3 is 0 Å². The summed E-state index contributed by atoms with van der Waals surface area (Å²) >= 11 is 0. The van der Waals surface area contributed by atoms with Gasteiger partial charge in [0.25, 0.3) is 5.56 Å². The highest BCUT2D eigenvalue weighted by Crippen LogP contribution is 2.20. The molecule has 0 saturated heterocycles. The molecule has 5 nitrogen and oxygen atoms in total. The van der Waals surface area contributed by atoms with Crippen molar-refractivity contribution in [2.24, 2.45) is 0 Å². The molecule has 0 bridgehead atoms. The summed E-state index contributed by atoms with van der Waals surface area (Å²) in [6, 6.07) is 15.7. The molecule has 0 spiro atoms. The van der Waals surface area contributed by atoms with Gasteiger partial charge in [-0.25, -0.2) is 9.97 Å². The molecular weight excluding hydrogens is 300 g/mol. The maximum Gasteiger partial charge on any atom is 0.270 e. The summed E-state index contributed by atoms with van der Waals surface area (Å²) < 4.78 is 1.65. The lowest BCUT2D eigenvalue weighted by Crippen LogP contribution is -2.21. The standard InChI is InChI=1S/C19H14N4O/c24-18-12-22-17-5-2-8-21-19(17)23(18)13-14-3-1-4-16(11-14)15-6-9-20-10-7-15/h1-12H,13H2. The van der Waals surface area contributed by atoms with Crippen LogP contribution in [0.5, 0.6) is 0 Å². The molecule has 0 aliphatic heterocycles. The van der Waals surface area contributed by atoms with E-state index in [4.69, 9.17) is 0 Å². The SMILES string of the molecule is O=c1cnc2cccnc2n1Cc1cccc(-c2ccncc2)c1. The molecule has 0 atom stereocenters. The Morgan fingerprint density at radius 1 is 0.875 bits per heavy atom. The van der Waals surface area contributed by atoms with Crippen LogP contribution in [0.1, 0.15) is 5.56 Å². The van der Waals surface area contributed by atoms with Crippen molar-refractivity contribution >= 4 is 11.2 Å². The average molecular weight is 314 g/mol. The van der Waals surface area contributed by atoms with Gasteiger partial charge in [-0.05, 0) is 47.0 Å². The summed E-state index contributed by atoms with van der Waals surface area (Å²) in [5.41, 5.74) is 4.37. The number of pyridine rings is 2. The Bertz CT molecular complexity index is 1060. The third-order valence-electron chi connectivity index (χ3n) is 3.88. The fourth-order valence-corrected chi connectivity index (χ4v) is 2.73. The number of benzene rings is 1. The van der Waals surface area contributed by atoms with Crippen molar-refractivity contribution in [3.8, 4) is 11.1 Å². The van der Waals surface area contributed by atoms with Crippen LogP contribution in [-0.2, 0) is 6.54 Å². The van der Waals surface area contributed by atoms with Crippen LogP contribution in [0.3, 0.4) is 0 Å². The fraction of sp³-hybridized carbons (Fsp3) is 0.0526. The van der Waals surface area contributed by atoms with Crippen LogP contribution in [0, 0.1) is 0 Å². The van der Waals surface area contributed by atoms with Crippen LogP contribution in [0.25, 0.3) is 22.3 Å². The van der Waals surface area contributed by atoms with Gasteiger partial charge in [-0.15, -0.1) is 0 Å². The fourth-order valence-electron chi connectivity index (χ4n) is 2.73. The Kier molecular flexibility index (Phi) is 3.59. The highest BCUT2D eigenvalue weighted by Gasteiger charge is 2.07. The monoisotopic (exact) mass is 314 g/mol. The van der Waals surface area contributed by atoms with Crippen LogP contribution < -0.4 is 5.56 Å². The largest absolute Gasteiger partial charge is 0.286 e. The molecule has 0 N–H and O–H groups in total. The van der Waals surface area contributed by atoms with Gasteiger partial charge in [0.1, 0.15) is 5.52 Å². The molecule has 0 aliphatic carbocycles. The van der Waals surface area contributed by atoms with Crippen molar-refractivity contribution in [3.63, 3.8) is 0 Å². The predicted octanol–water partition coefficient (Wildman–Crippen LogP) is 2.90. The smallest absolute Gasteiger partial charge is 0.270 e. The Morgan fingerprint density at radius 2 is 1.75 bits per heavy atom. The number of hydrogen-bond donors (Lipinski definition) is 0. The second-order valence-electron chi connectivity index (χ2n) is 5.46. The number of rotatable bonds is 3. The van der Waals surface area contributed by atoms with Crippen molar-refractivity contribution in [1.29, 1.82) is 0 Å². The van der Waals surface area contributed by atoms with E-state index in [1.165, 1.54) is 6.20 Å². The normalized spacial score (nSPS) is 10.8.